The number of aryl methyl sites for hydroxylation is 1. The van der Waals surface area contributed by atoms with E-state index in [2.05, 4.69) is 35.6 Å². The maximum absolute atomic E-state index is 12.7. The van der Waals surface area contributed by atoms with Crippen molar-refractivity contribution in [3.8, 4) is 0 Å². The summed E-state index contributed by atoms with van der Waals surface area (Å²) >= 11 is 0. The zero-order valence-electron chi connectivity index (χ0n) is 18.3. The van der Waals surface area contributed by atoms with Crippen molar-refractivity contribution in [2.75, 3.05) is 19.6 Å². The fourth-order valence-electron chi connectivity index (χ4n) is 4.88. The van der Waals surface area contributed by atoms with Crippen LogP contribution in [-0.2, 0) is 11.3 Å². The minimum Gasteiger partial charge on any atom is -0.426 e. The SMILES string of the molecule is Cc1ccc(CN2CC3(CCN(C(=O)OC(C(F)(F)F)C(F)(F)F)CC3)CC2(C)C)cc1. The average Bonchev–Trinajstić information content (AvgIpc) is 2.89. The maximum Gasteiger partial charge on any atom is 0.434 e. The van der Waals surface area contributed by atoms with Crippen molar-refractivity contribution >= 4 is 6.09 Å². The highest BCUT2D eigenvalue weighted by Crippen LogP contribution is 2.48. The summed E-state index contributed by atoms with van der Waals surface area (Å²) in [6.45, 7) is 7.92. The molecule has 32 heavy (non-hydrogen) atoms. The van der Waals surface area contributed by atoms with Crippen molar-refractivity contribution in [2.24, 2.45) is 5.41 Å². The maximum atomic E-state index is 12.7. The summed E-state index contributed by atoms with van der Waals surface area (Å²) in [5, 5.41) is 0. The van der Waals surface area contributed by atoms with Crippen LogP contribution in [0.25, 0.3) is 0 Å². The monoisotopic (exact) mass is 466 g/mol. The minimum atomic E-state index is -5.71. The lowest BCUT2D eigenvalue weighted by Crippen LogP contribution is -2.50. The van der Waals surface area contributed by atoms with Crippen molar-refractivity contribution in [3.63, 3.8) is 0 Å². The summed E-state index contributed by atoms with van der Waals surface area (Å²) in [7, 11) is 0. The Kier molecular flexibility index (Phi) is 6.49. The molecule has 1 amide bonds. The highest BCUT2D eigenvalue weighted by molar-refractivity contribution is 5.68. The third-order valence-electron chi connectivity index (χ3n) is 6.58. The topological polar surface area (TPSA) is 32.8 Å². The number of hydrogen-bond donors (Lipinski definition) is 0. The molecular weight excluding hydrogens is 438 g/mol. The molecule has 1 spiro atoms. The average molecular weight is 466 g/mol. The second-order valence-corrected chi connectivity index (χ2v) is 9.66. The number of likely N-dealkylation sites (tertiary alicyclic amines) is 2. The van der Waals surface area contributed by atoms with Crippen LogP contribution in [0.2, 0.25) is 0 Å². The van der Waals surface area contributed by atoms with Gasteiger partial charge in [-0.05, 0) is 51.0 Å². The normalized spacial score (nSPS) is 21.4. The molecule has 0 radical (unpaired) electrons. The van der Waals surface area contributed by atoms with E-state index < -0.39 is 24.5 Å². The summed E-state index contributed by atoms with van der Waals surface area (Å²) in [6, 6.07) is 8.25. The smallest absolute Gasteiger partial charge is 0.426 e. The summed E-state index contributed by atoms with van der Waals surface area (Å²) in [6.07, 6.45) is -15.3. The minimum absolute atomic E-state index is 0.0652. The molecule has 2 heterocycles. The molecule has 1 aromatic rings. The van der Waals surface area contributed by atoms with Gasteiger partial charge >= 0.3 is 18.4 Å². The zero-order valence-corrected chi connectivity index (χ0v) is 18.3. The molecule has 0 bridgehead atoms. The number of ether oxygens (including phenoxy) is 1. The van der Waals surface area contributed by atoms with Crippen molar-refractivity contribution in [1.29, 1.82) is 0 Å². The first-order valence-electron chi connectivity index (χ1n) is 10.5. The number of alkyl halides is 6. The Morgan fingerprint density at radius 3 is 2.06 bits per heavy atom. The highest BCUT2D eigenvalue weighted by Gasteiger charge is 2.60. The molecule has 2 saturated heterocycles. The van der Waals surface area contributed by atoms with Crippen molar-refractivity contribution in [3.05, 3.63) is 35.4 Å². The van der Waals surface area contributed by atoms with Gasteiger partial charge in [0.1, 0.15) is 0 Å². The van der Waals surface area contributed by atoms with Crippen molar-refractivity contribution < 1.29 is 35.9 Å². The summed E-state index contributed by atoms with van der Waals surface area (Å²) in [4.78, 5) is 15.4. The van der Waals surface area contributed by atoms with Crippen molar-refractivity contribution in [2.45, 2.75) is 70.6 Å². The first-order valence-corrected chi connectivity index (χ1v) is 10.5. The molecule has 2 aliphatic rings. The van der Waals surface area contributed by atoms with E-state index in [0.717, 1.165) is 24.4 Å². The van der Waals surface area contributed by atoms with E-state index in [4.69, 9.17) is 0 Å². The molecule has 0 N–H and O–H groups in total. The van der Waals surface area contributed by atoms with E-state index in [1.165, 1.54) is 11.1 Å². The Balaban J connectivity index is 1.61. The molecule has 0 unspecified atom stereocenters. The van der Waals surface area contributed by atoms with Gasteiger partial charge in [0.2, 0.25) is 0 Å². The van der Waals surface area contributed by atoms with Crippen LogP contribution in [0.3, 0.4) is 0 Å². The Labute approximate surface area is 183 Å². The molecule has 10 heteroatoms. The van der Waals surface area contributed by atoms with E-state index in [1.807, 2.05) is 19.1 Å². The quantitative estimate of drug-likeness (QED) is 0.537. The number of carbonyl (C=O) groups is 1. The van der Waals surface area contributed by atoms with Crippen LogP contribution in [0.15, 0.2) is 24.3 Å². The summed E-state index contributed by atoms with van der Waals surface area (Å²) in [5.41, 5.74) is 2.08. The molecule has 0 atom stereocenters. The van der Waals surface area contributed by atoms with Gasteiger partial charge in [0.05, 0.1) is 0 Å². The molecule has 0 aromatic heterocycles. The van der Waals surface area contributed by atoms with Crippen molar-refractivity contribution in [1.82, 2.24) is 9.80 Å². The van der Waals surface area contributed by atoms with Gasteiger partial charge in [0.25, 0.3) is 6.10 Å². The molecule has 2 fully saturated rings. The van der Waals surface area contributed by atoms with Crippen LogP contribution < -0.4 is 0 Å². The van der Waals surface area contributed by atoms with E-state index in [-0.39, 0.29) is 24.0 Å². The molecule has 0 aliphatic carbocycles. The Morgan fingerprint density at radius 2 is 1.56 bits per heavy atom. The van der Waals surface area contributed by atoms with Gasteiger partial charge in [-0.3, -0.25) is 4.90 Å². The van der Waals surface area contributed by atoms with E-state index in [9.17, 15) is 31.1 Å². The van der Waals surface area contributed by atoms with E-state index >= 15 is 0 Å². The number of rotatable bonds is 3. The van der Waals surface area contributed by atoms with Crippen LogP contribution in [0.1, 0.15) is 44.2 Å². The zero-order chi connectivity index (χ0) is 23.9. The number of benzene rings is 1. The Hall–Kier alpha value is -1.97. The fraction of sp³-hybridized carbons (Fsp3) is 0.682. The molecule has 1 aromatic carbocycles. The predicted octanol–water partition coefficient (Wildman–Crippen LogP) is 5.69. The van der Waals surface area contributed by atoms with Crippen LogP contribution in [0.4, 0.5) is 31.1 Å². The van der Waals surface area contributed by atoms with E-state index in [1.54, 1.807) is 0 Å². The number of nitrogens with zero attached hydrogens (tertiary/aromatic N) is 2. The highest BCUT2D eigenvalue weighted by atomic mass is 19.4. The fourth-order valence-corrected chi connectivity index (χ4v) is 4.88. The van der Waals surface area contributed by atoms with Crippen LogP contribution in [-0.4, -0.2) is 59.5 Å². The van der Waals surface area contributed by atoms with E-state index in [0.29, 0.717) is 12.8 Å². The van der Waals surface area contributed by atoms with Gasteiger partial charge in [-0.1, -0.05) is 29.8 Å². The lowest BCUT2D eigenvalue weighted by atomic mass is 9.74. The predicted molar refractivity (Wildman–Crippen MR) is 106 cm³/mol. The van der Waals surface area contributed by atoms with Crippen LogP contribution in [0.5, 0.6) is 0 Å². The number of hydrogen-bond acceptors (Lipinski definition) is 3. The first kappa shape index (κ1) is 24.7. The van der Waals surface area contributed by atoms with Crippen LogP contribution in [0, 0.1) is 12.3 Å². The van der Waals surface area contributed by atoms with Gasteiger partial charge < -0.3 is 9.64 Å². The number of halogens is 6. The molecular formula is C22H28F6N2O2. The summed E-state index contributed by atoms with van der Waals surface area (Å²) in [5.74, 6) is 0. The van der Waals surface area contributed by atoms with Gasteiger partial charge in [0.15, 0.2) is 0 Å². The first-order chi connectivity index (χ1) is 14.6. The van der Waals surface area contributed by atoms with Gasteiger partial charge in [-0.15, -0.1) is 0 Å². The largest absolute Gasteiger partial charge is 0.434 e. The lowest BCUT2D eigenvalue weighted by molar-refractivity contribution is -0.308. The second-order valence-electron chi connectivity index (χ2n) is 9.66. The van der Waals surface area contributed by atoms with Gasteiger partial charge in [0, 0.05) is 31.7 Å². The molecule has 0 saturated carbocycles. The lowest BCUT2D eigenvalue weighted by Gasteiger charge is -2.39. The number of carbonyl (C=O) groups excluding carboxylic acids is 1. The Bertz CT molecular complexity index is 797. The standard InChI is InChI=1S/C22H28F6N2O2/c1-15-4-6-16(7-5-15)12-30-14-20(13-19(30,2)3)8-10-29(11-9-20)18(31)32-17(21(23,24)25)22(26,27)28/h4-7,17H,8-14H2,1-3H3. The molecule has 180 valence electrons. The molecule has 2 aliphatic heterocycles. The molecule has 4 nitrogen and oxygen atoms in total. The van der Waals surface area contributed by atoms with Gasteiger partial charge in [-0.25, -0.2) is 4.79 Å². The Morgan fingerprint density at radius 1 is 1.03 bits per heavy atom. The van der Waals surface area contributed by atoms with Gasteiger partial charge in [-0.2, -0.15) is 26.3 Å². The third kappa shape index (κ3) is 5.50. The second kappa shape index (κ2) is 8.43. The molecule has 3 rings (SSSR count). The third-order valence-corrected chi connectivity index (χ3v) is 6.58. The van der Waals surface area contributed by atoms with Crippen LogP contribution >= 0.6 is 0 Å². The summed E-state index contributed by atoms with van der Waals surface area (Å²) < 4.78 is 80.0. The number of piperidine rings is 1. The number of amides is 1.